The van der Waals surface area contributed by atoms with Crippen LogP contribution in [-0.4, -0.2) is 57.5 Å². The first-order valence-electron chi connectivity index (χ1n) is 12.6. The molecule has 0 aliphatic heterocycles. The molecule has 3 aromatic carbocycles. The van der Waals surface area contributed by atoms with Crippen molar-refractivity contribution in [3.05, 3.63) is 96.1 Å². The molecule has 3 rings (SSSR count). The third-order valence-corrected chi connectivity index (χ3v) is 8.67. The number of hydrogen-bond donors (Lipinski definition) is 3. The van der Waals surface area contributed by atoms with Crippen LogP contribution < -0.4 is 19.7 Å². The Bertz CT molecular complexity index is 1260. The zero-order chi connectivity index (χ0) is 27.5. The molecule has 0 spiro atoms. The fraction of sp³-hybridized carbons (Fsp3) is 0.345. The average Bonchev–Trinajstić information content (AvgIpc) is 2.93. The Morgan fingerprint density at radius 1 is 0.974 bits per heavy atom. The van der Waals surface area contributed by atoms with Gasteiger partial charge in [-0.15, -0.1) is 0 Å². The van der Waals surface area contributed by atoms with Crippen LogP contribution in [0.1, 0.15) is 24.5 Å². The maximum atomic E-state index is 13.4. The second-order valence-corrected chi connectivity index (χ2v) is 11.2. The Hall–Kier alpha value is -3.40. The van der Waals surface area contributed by atoms with E-state index in [0.717, 1.165) is 21.2 Å². The number of nitrogens with zero attached hydrogens (tertiary/aromatic N) is 1. The van der Waals surface area contributed by atoms with Crippen LogP contribution in [-0.2, 0) is 27.8 Å². The maximum absolute atomic E-state index is 13.4. The summed E-state index contributed by atoms with van der Waals surface area (Å²) in [4.78, 5) is 13.4. The number of anilines is 1. The lowest BCUT2D eigenvalue weighted by molar-refractivity contribution is -0.122. The van der Waals surface area contributed by atoms with E-state index in [9.17, 15) is 18.3 Å². The summed E-state index contributed by atoms with van der Waals surface area (Å²) in [5.41, 5.74) is 2.38. The summed E-state index contributed by atoms with van der Waals surface area (Å²) >= 11 is 0. The first kappa shape index (κ1) is 29.2. The van der Waals surface area contributed by atoms with E-state index >= 15 is 0 Å². The van der Waals surface area contributed by atoms with Crippen molar-refractivity contribution in [1.82, 2.24) is 10.6 Å². The fourth-order valence-electron chi connectivity index (χ4n) is 4.22. The van der Waals surface area contributed by atoms with E-state index in [1.54, 1.807) is 44.4 Å². The van der Waals surface area contributed by atoms with E-state index in [0.29, 0.717) is 18.7 Å². The number of benzene rings is 3. The summed E-state index contributed by atoms with van der Waals surface area (Å²) in [6.45, 7) is 2.36. The molecule has 3 aromatic rings. The van der Waals surface area contributed by atoms with Crippen LogP contribution >= 0.6 is 0 Å². The number of para-hydroxylation sites is 1. The molecule has 204 valence electrons. The molecule has 0 aliphatic rings. The van der Waals surface area contributed by atoms with Crippen molar-refractivity contribution in [3.63, 3.8) is 0 Å². The Kier molecular flexibility index (Phi) is 10.7. The van der Waals surface area contributed by atoms with Gasteiger partial charge in [-0.2, -0.15) is 0 Å². The van der Waals surface area contributed by atoms with Gasteiger partial charge >= 0.3 is 0 Å². The van der Waals surface area contributed by atoms with E-state index in [-0.39, 0.29) is 13.0 Å². The Balaban J connectivity index is 1.73. The summed E-state index contributed by atoms with van der Waals surface area (Å²) in [5, 5.41) is 15.8. The van der Waals surface area contributed by atoms with Gasteiger partial charge in [-0.1, -0.05) is 67.6 Å². The van der Waals surface area contributed by atoms with E-state index in [1.165, 1.54) is 7.05 Å². The number of aliphatic hydroxyl groups excluding tert-OH is 1. The van der Waals surface area contributed by atoms with Gasteiger partial charge < -0.3 is 20.5 Å². The van der Waals surface area contributed by atoms with Gasteiger partial charge in [0.2, 0.25) is 15.9 Å². The molecule has 8 nitrogen and oxygen atoms in total. The van der Waals surface area contributed by atoms with Gasteiger partial charge in [0.25, 0.3) is 0 Å². The Labute approximate surface area is 225 Å². The predicted octanol–water partition coefficient (Wildman–Crippen LogP) is 3.12. The van der Waals surface area contributed by atoms with Gasteiger partial charge in [0.1, 0.15) is 5.75 Å². The quantitative estimate of drug-likeness (QED) is 0.291. The highest BCUT2D eigenvalue weighted by atomic mass is 32.2. The molecule has 1 unspecified atom stereocenters. The van der Waals surface area contributed by atoms with Crippen LogP contribution in [0.3, 0.4) is 0 Å². The molecule has 0 aliphatic carbocycles. The number of rotatable bonds is 14. The highest BCUT2D eigenvalue weighted by Crippen LogP contribution is 2.21. The van der Waals surface area contributed by atoms with Crippen molar-refractivity contribution >= 4 is 21.6 Å². The average molecular weight is 540 g/mol. The van der Waals surface area contributed by atoms with E-state index < -0.39 is 33.3 Å². The zero-order valence-corrected chi connectivity index (χ0v) is 22.9. The number of hydrogen-bond acceptors (Lipinski definition) is 6. The number of sulfonamides is 1. The van der Waals surface area contributed by atoms with Crippen LogP contribution in [0.15, 0.2) is 84.9 Å². The molecule has 3 N–H and O–H groups in total. The van der Waals surface area contributed by atoms with Gasteiger partial charge in [-0.25, -0.2) is 8.42 Å². The summed E-state index contributed by atoms with van der Waals surface area (Å²) in [6.07, 6.45) is -0.524. The Morgan fingerprint density at radius 3 is 2.24 bits per heavy atom. The number of amides is 1. The van der Waals surface area contributed by atoms with Gasteiger partial charge in [-0.3, -0.25) is 9.10 Å². The van der Waals surface area contributed by atoms with E-state index in [1.807, 2.05) is 54.6 Å². The molecule has 0 saturated heterocycles. The zero-order valence-electron chi connectivity index (χ0n) is 22.1. The molecular weight excluding hydrogens is 502 g/mol. The number of carbonyl (C=O) groups excluding carboxylic acids is 1. The van der Waals surface area contributed by atoms with Crippen LogP contribution in [0.4, 0.5) is 5.69 Å². The minimum atomic E-state index is -4.00. The number of nitrogens with one attached hydrogen (secondary N) is 2. The lowest BCUT2D eigenvalue weighted by Crippen LogP contribution is -2.54. The normalized spacial score (nSPS) is 13.8. The first-order chi connectivity index (χ1) is 18.3. The molecule has 9 heteroatoms. The largest absolute Gasteiger partial charge is 0.497 e. The molecule has 0 aromatic heterocycles. The standard InChI is InChI=1S/C29H37N3O5S/c1-4-28(38(35,36)32(2)24-15-9-6-10-16-24)29(34)31-26(19-22-12-7-5-8-13-22)27(33)21-30-20-23-14-11-17-25(18-23)37-3/h5-18,26-28,30,33H,4,19-21H2,1-3H3,(H,31,34)/t26-,27+,28?/m0/s1. The van der Waals surface area contributed by atoms with Crippen molar-refractivity contribution < 1.29 is 23.1 Å². The minimum Gasteiger partial charge on any atom is -0.497 e. The lowest BCUT2D eigenvalue weighted by atomic mass is 10.0. The molecule has 0 saturated carbocycles. The SMILES string of the molecule is CCC(C(=O)N[C@@H](Cc1ccccc1)[C@H](O)CNCc1cccc(OC)c1)S(=O)(=O)N(C)c1ccccc1. The van der Waals surface area contributed by atoms with Crippen LogP contribution in [0.2, 0.25) is 0 Å². The summed E-state index contributed by atoms with van der Waals surface area (Å²) in [6, 6.07) is 25.0. The number of aliphatic hydroxyl groups is 1. The van der Waals surface area contributed by atoms with Crippen LogP contribution in [0.5, 0.6) is 5.75 Å². The molecule has 38 heavy (non-hydrogen) atoms. The van der Waals surface area contributed by atoms with Gasteiger partial charge in [-0.05, 0) is 48.2 Å². The second kappa shape index (κ2) is 13.9. The molecule has 1 amide bonds. The summed E-state index contributed by atoms with van der Waals surface area (Å²) < 4.78 is 33.1. The molecule has 0 bridgehead atoms. The van der Waals surface area contributed by atoms with Crippen LogP contribution in [0.25, 0.3) is 0 Å². The highest BCUT2D eigenvalue weighted by molar-refractivity contribution is 7.94. The van der Waals surface area contributed by atoms with Crippen molar-refractivity contribution in [2.45, 2.75) is 43.7 Å². The van der Waals surface area contributed by atoms with E-state index in [4.69, 9.17) is 4.74 Å². The van der Waals surface area contributed by atoms with Crippen LogP contribution in [0, 0.1) is 0 Å². The monoisotopic (exact) mass is 539 g/mol. The number of ether oxygens (including phenoxy) is 1. The third kappa shape index (κ3) is 7.80. The predicted molar refractivity (Wildman–Crippen MR) is 151 cm³/mol. The van der Waals surface area contributed by atoms with Gasteiger partial charge in [0, 0.05) is 20.1 Å². The number of carbonyl (C=O) groups is 1. The fourth-order valence-corrected chi connectivity index (χ4v) is 5.78. The number of methoxy groups -OCH3 is 1. The Morgan fingerprint density at radius 2 is 1.61 bits per heavy atom. The third-order valence-electron chi connectivity index (χ3n) is 6.43. The highest BCUT2D eigenvalue weighted by Gasteiger charge is 2.36. The van der Waals surface area contributed by atoms with Gasteiger partial charge in [0.15, 0.2) is 5.25 Å². The van der Waals surface area contributed by atoms with Crippen molar-refractivity contribution in [1.29, 1.82) is 0 Å². The van der Waals surface area contributed by atoms with E-state index in [2.05, 4.69) is 10.6 Å². The van der Waals surface area contributed by atoms with Crippen molar-refractivity contribution in [2.24, 2.45) is 0 Å². The molecule has 0 heterocycles. The van der Waals surface area contributed by atoms with Gasteiger partial charge in [0.05, 0.1) is 24.9 Å². The summed E-state index contributed by atoms with van der Waals surface area (Å²) in [5.74, 6) is 0.106. The van der Waals surface area contributed by atoms with Crippen molar-refractivity contribution in [3.8, 4) is 5.75 Å². The molecule has 0 fully saturated rings. The summed E-state index contributed by atoms with van der Waals surface area (Å²) in [7, 11) is -0.945. The second-order valence-electron chi connectivity index (χ2n) is 9.10. The minimum absolute atomic E-state index is 0.0909. The first-order valence-corrected chi connectivity index (χ1v) is 14.1. The maximum Gasteiger partial charge on any atom is 0.246 e. The molecule has 3 atom stereocenters. The topological polar surface area (TPSA) is 108 Å². The molecule has 0 radical (unpaired) electrons. The van der Waals surface area contributed by atoms with Crippen molar-refractivity contribution in [2.75, 3.05) is 25.0 Å². The molecular formula is C29H37N3O5S. The smallest absolute Gasteiger partial charge is 0.246 e. The lowest BCUT2D eigenvalue weighted by Gasteiger charge is -2.29.